The van der Waals surface area contributed by atoms with E-state index in [1.165, 1.54) is 5.56 Å². The fourth-order valence-electron chi connectivity index (χ4n) is 2.10. The zero-order chi connectivity index (χ0) is 15.4. The smallest absolute Gasteiger partial charge is 0.199 e. The molecule has 1 aromatic heterocycles. The van der Waals surface area contributed by atoms with Crippen molar-refractivity contribution >= 4 is 34.4 Å². The van der Waals surface area contributed by atoms with Crippen molar-refractivity contribution in [1.29, 1.82) is 0 Å². The molecule has 0 saturated heterocycles. The van der Waals surface area contributed by atoms with Crippen LogP contribution in [0.5, 0.6) is 0 Å². The van der Waals surface area contributed by atoms with Crippen LogP contribution in [0.2, 0.25) is 0 Å². The molecule has 0 aliphatic rings. The second-order valence-corrected chi connectivity index (χ2v) is 5.96. The number of aromatic nitrogens is 1. The lowest BCUT2D eigenvalue weighted by Crippen LogP contribution is -2.17. The quantitative estimate of drug-likeness (QED) is 0.720. The van der Waals surface area contributed by atoms with Crippen molar-refractivity contribution in [2.75, 3.05) is 5.32 Å². The number of benzene rings is 2. The molecule has 3 rings (SSSR count). The SMILES string of the molecule is Cn1c(-c2ccccc2)csc1=NC(=S)Nc1ccccc1. The van der Waals surface area contributed by atoms with Gasteiger partial charge in [-0.25, -0.2) is 0 Å². The van der Waals surface area contributed by atoms with E-state index in [1.807, 2.05) is 55.6 Å². The Hall–Kier alpha value is -2.24. The summed E-state index contributed by atoms with van der Waals surface area (Å²) in [5, 5.41) is 5.68. The van der Waals surface area contributed by atoms with Crippen molar-refractivity contribution in [3.8, 4) is 11.3 Å². The van der Waals surface area contributed by atoms with Crippen LogP contribution in [0.4, 0.5) is 5.69 Å². The van der Waals surface area contributed by atoms with Gasteiger partial charge in [0.05, 0.1) is 5.69 Å². The molecule has 110 valence electrons. The number of hydrogen-bond acceptors (Lipinski definition) is 2. The maximum Gasteiger partial charge on any atom is 0.199 e. The van der Waals surface area contributed by atoms with Gasteiger partial charge in [-0.2, -0.15) is 4.99 Å². The number of rotatable bonds is 2. The molecule has 0 aliphatic heterocycles. The van der Waals surface area contributed by atoms with Gasteiger partial charge in [-0.3, -0.25) is 0 Å². The molecule has 3 nitrogen and oxygen atoms in total. The number of nitrogens with one attached hydrogen (secondary N) is 1. The van der Waals surface area contributed by atoms with Crippen LogP contribution in [0.15, 0.2) is 71.0 Å². The third kappa shape index (κ3) is 3.32. The Labute approximate surface area is 138 Å². The lowest BCUT2D eigenvalue weighted by atomic mass is 10.2. The normalized spacial score (nSPS) is 11.4. The Kier molecular flexibility index (Phi) is 4.46. The summed E-state index contributed by atoms with van der Waals surface area (Å²) in [7, 11) is 2.00. The highest BCUT2D eigenvalue weighted by atomic mass is 32.1. The predicted octanol–water partition coefficient (Wildman–Crippen LogP) is 4.05. The molecular formula is C17H15N3S2. The number of thiazole rings is 1. The molecule has 0 unspecified atom stereocenters. The van der Waals surface area contributed by atoms with Gasteiger partial charge in [-0.15, -0.1) is 11.3 Å². The Morgan fingerprint density at radius 3 is 2.36 bits per heavy atom. The molecule has 0 atom stereocenters. The van der Waals surface area contributed by atoms with Gasteiger partial charge in [0.2, 0.25) is 0 Å². The summed E-state index contributed by atoms with van der Waals surface area (Å²) in [4.78, 5) is 5.37. The first kappa shape index (κ1) is 14.7. The zero-order valence-corrected chi connectivity index (χ0v) is 13.7. The van der Waals surface area contributed by atoms with Crippen molar-refractivity contribution in [3.63, 3.8) is 0 Å². The minimum absolute atomic E-state index is 0.461. The highest BCUT2D eigenvalue weighted by Gasteiger charge is 2.04. The van der Waals surface area contributed by atoms with E-state index in [4.69, 9.17) is 12.2 Å². The Morgan fingerprint density at radius 1 is 1.05 bits per heavy atom. The number of para-hydroxylation sites is 1. The molecule has 5 heteroatoms. The van der Waals surface area contributed by atoms with Crippen LogP contribution in [0.1, 0.15) is 0 Å². The van der Waals surface area contributed by atoms with E-state index in [2.05, 4.69) is 32.4 Å². The van der Waals surface area contributed by atoms with Crippen molar-refractivity contribution in [2.24, 2.45) is 12.0 Å². The summed E-state index contributed by atoms with van der Waals surface area (Å²) in [6.07, 6.45) is 0. The number of anilines is 1. The van der Waals surface area contributed by atoms with Crippen LogP contribution in [-0.2, 0) is 7.05 Å². The van der Waals surface area contributed by atoms with E-state index in [0.717, 1.165) is 16.2 Å². The van der Waals surface area contributed by atoms with Gasteiger partial charge in [-0.05, 0) is 29.9 Å². The van der Waals surface area contributed by atoms with E-state index >= 15 is 0 Å². The van der Waals surface area contributed by atoms with Crippen LogP contribution >= 0.6 is 23.6 Å². The Morgan fingerprint density at radius 2 is 1.68 bits per heavy atom. The fraction of sp³-hybridized carbons (Fsp3) is 0.0588. The molecule has 22 heavy (non-hydrogen) atoms. The molecule has 2 aromatic carbocycles. The maximum absolute atomic E-state index is 5.32. The first-order chi connectivity index (χ1) is 10.7. The van der Waals surface area contributed by atoms with Crippen LogP contribution in [0.3, 0.4) is 0 Å². The van der Waals surface area contributed by atoms with Crippen molar-refractivity contribution < 1.29 is 0 Å². The van der Waals surface area contributed by atoms with E-state index < -0.39 is 0 Å². The second kappa shape index (κ2) is 6.68. The third-order valence-corrected chi connectivity index (χ3v) is 4.33. The second-order valence-electron chi connectivity index (χ2n) is 4.74. The Balaban J connectivity index is 1.86. The summed E-state index contributed by atoms with van der Waals surface area (Å²) < 4.78 is 2.05. The number of nitrogens with zero attached hydrogens (tertiary/aromatic N) is 2. The summed E-state index contributed by atoms with van der Waals surface area (Å²) in [5.41, 5.74) is 3.25. The molecule has 0 saturated carbocycles. The van der Waals surface area contributed by atoms with Gasteiger partial charge in [0, 0.05) is 18.1 Å². The van der Waals surface area contributed by atoms with Crippen molar-refractivity contribution in [3.05, 3.63) is 70.8 Å². The van der Waals surface area contributed by atoms with Gasteiger partial charge in [0.25, 0.3) is 0 Å². The third-order valence-electron chi connectivity index (χ3n) is 3.22. The Bertz CT molecular complexity index is 833. The monoisotopic (exact) mass is 325 g/mol. The summed E-state index contributed by atoms with van der Waals surface area (Å²) in [6, 6.07) is 20.1. The minimum atomic E-state index is 0.461. The van der Waals surface area contributed by atoms with Crippen LogP contribution in [-0.4, -0.2) is 9.68 Å². The standard InChI is InChI=1S/C17H15N3S2/c1-20-15(13-8-4-2-5-9-13)12-22-17(20)19-16(21)18-14-10-6-3-7-11-14/h2-12H,1H3,(H,18,21). The molecule has 0 radical (unpaired) electrons. The van der Waals surface area contributed by atoms with Gasteiger partial charge < -0.3 is 9.88 Å². The molecular weight excluding hydrogens is 310 g/mol. The maximum atomic E-state index is 5.32. The summed E-state index contributed by atoms with van der Waals surface area (Å²) >= 11 is 6.90. The van der Waals surface area contributed by atoms with Gasteiger partial charge in [0.15, 0.2) is 9.91 Å². The predicted molar refractivity (Wildman–Crippen MR) is 97.0 cm³/mol. The van der Waals surface area contributed by atoms with Crippen molar-refractivity contribution in [2.45, 2.75) is 0 Å². The van der Waals surface area contributed by atoms with Crippen LogP contribution < -0.4 is 10.1 Å². The molecule has 0 spiro atoms. The highest BCUT2D eigenvalue weighted by Crippen LogP contribution is 2.18. The van der Waals surface area contributed by atoms with E-state index in [0.29, 0.717) is 5.11 Å². The molecule has 0 amide bonds. The topological polar surface area (TPSA) is 29.3 Å². The largest absolute Gasteiger partial charge is 0.331 e. The average Bonchev–Trinajstić information content (AvgIpc) is 2.90. The average molecular weight is 325 g/mol. The lowest BCUT2D eigenvalue weighted by molar-refractivity contribution is 0.887. The number of thiocarbonyl (C=S) groups is 1. The van der Waals surface area contributed by atoms with Gasteiger partial charge in [0.1, 0.15) is 0 Å². The van der Waals surface area contributed by atoms with Crippen molar-refractivity contribution in [1.82, 2.24) is 4.57 Å². The molecule has 1 heterocycles. The van der Waals surface area contributed by atoms with E-state index in [-0.39, 0.29) is 0 Å². The van der Waals surface area contributed by atoms with Crippen LogP contribution in [0.25, 0.3) is 11.3 Å². The first-order valence-corrected chi connectivity index (χ1v) is 8.13. The highest BCUT2D eigenvalue weighted by molar-refractivity contribution is 7.80. The van der Waals surface area contributed by atoms with E-state index in [9.17, 15) is 0 Å². The lowest BCUT2D eigenvalue weighted by Gasteiger charge is -2.04. The summed E-state index contributed by atoms with van der Waals surface area (Å²) in [5.74, 6) is 0. The van der Waals surface area contributed by atoms with Gasteiger partial charge >= 0.3 is 0 Å². The zero-order valence-electron chi connectivity index (χ0n) is 12.1. The molecule has 3 aromatic rings. The van der Waals surface area contributed by atoms with Gasteiger partial charge in [-0.1, -0.05) is 48.5 Å². The number of hydrogen-bond donors (Lipinski definition) is 1. The molecule has 0 fully saturated rings. The van der Waals surface area contributed by atoms with Crippen LogP contribution in [0, 0.1) is 0 Å². The first-order valence-electron chi connectivity index (χ1n) is 6.85. The molecule has 0 bridgehead atoms. The molecule has 1 N–H and O–H groups in total. The minimum Gasteiger partial charge on any atom is -0.331 e. The van der Waals surface area contributed by atoms with E-state index in [1.54, 1.807) is 11.3 Å². The fourth-order valence-corrected chi connectivity index (χ4v) is 3.28. The molecule has 0 aliphatic carbocycles. The summed E-state index contributed by atoms with van der Waals surface area (Å²) in [6.45, 7) is 0.